The van der Waals surface area contributed by atoms with Gasteiger partial charge in [-0.2, -0.15) is 5.10 Å². The Kier molecular flexibility index (Phi) is 4.54. The largest absolute Gasteiger partial charge is 0.342 e. The fourth-order valence-corrected chi connectivity index (χ4v) is 4.21. The Morgan fingerprint density at radius 2 is 1.79 bits per heavy atom. The van der Waals surface area contributed by atoms with Crippen LogP contribution in [0.25, 0.3) is 21.1 Å². The third-order valence-electron chi connectivity index (χ3n) is 4.78. The molecule has 0 unspecified atom stereocenters. The van der Waals surface area contributed by atoms with E-state index in [4.69, 9.17) is 0 Å². The summed E-state index contributed by atoms with van der Waals surface area (Å²) in [5.74, 6) is -0.196. The maximum absolute atomic E-state index is 14.1. The molecule has 0 saturated heterocycles. The molecular formula is C23H17FN4S. The van der Waals surface area contributed by atoms with Gasteiger partial charge in [0.2, 0.25) is 5.13 Å². The van der Waals surface area contributed by atoms with E-state index in [-0.39, 0.29) is 5.82 Å². The zero-order valence-corrected chi connectivity index (χ0v) is 16.2. The van der Waals surface area contributed by atoms with Crippen molar-refractivity contribution in [1.82, 2.24) is 9.55 Å². The first kappa shape index (κ1) is 17.6. The van der Waals surface area contributed by atoms with Crippen LogP contribution < -0.4 is 5.43 Å². The Morgan fingerprint density at radius 1 is 1.00 bits per heavy atom. The maximum Gasteiger partial charge on any atom is 0.204 e. The quantitative estimate of drug-likeness (QED) is 0.295. The van der Waals surface area contributed by atoms with Gasteiger partial charge < -0.3 is 4.57 Å². The monoisotopic (exact) mass is 400 g/mol. The molecule has 5 aromatic rings. The first-order chi connectivity index (χ1) is 14.3. The number of hydrogen-bond acceptors (Lipinski definition) is 4. The SMILES string of the molecule is Fc1ccccc1Cn1cc(/C=N\Nc2nc3ccccc3s2)c2ccccc21. The molecule has 0 saturated carbocycles. The molecule has 0 aliphatic carbocycles. The molecule has 3 aromatic carbocycles. The number of halogens is 1. The fourth-order valence-electron chi connectivity index (χ4n) is 3.40. The smallest absolute Gasteiger partial charge is 0.204 e. The van der Waals surface area contributed by atoms with Crippen molar-refractivity contribution in [2.45, 2.75) is 6.54 Å². The lowest BCUT2D eigenvalue weighted by atomic mass is 10.2. The van der Waals surface area contributed by atoms with Crippen LogP contribution in [0.15, 0.2) is 84.1 Å². The summed E-state index contributed by atoms with van der Waals surface area (Å²) in [4.78, 5) is 4.52. The third-order valence-corrected chi connectivity index (χ3v) is 5.72. The van der Waals surface area contributed by atoms with Crippen LogP contribution in [-0.2, 0) is 6.54 Å². The summed E-state index contributed by atoms with van der Waals surface area (Å²) in [7, 11) is 0. The number of hydrogen-bond donors (Lipinski definition) is 1. The molecule has 0 atom stereocenters. The minimum Gasteiger partial charge on any atom is -0.342 e. The predicted molar refractivity (Wildman–Crippen MR) is 118 cm³/mol. The van der Waals surface area contributed by atoms with Crippen molar-refractivity contribution in [3.05, 3.63) is 95.9 Å². The minimum absolute atomic E-state index is 0.196. The summed E-state index contributed by atoms with van der Waals surface area (Å²) in [5, 5.41) is 6.20. The van der Waals surface area contributed by atoms with Crippen LogP contribution in [0.5, 0.6) is 0 Å². The molecule has 2 heterocycles. The van der Waals surface area contributed by atoms with E-state index >= 15 is 0 Å². The van der Waals surface area contributed by atoms with E-state index in [2.05, 4.69) is 15.5 Å². The summed E-state index contributed by atoms with van der Waals surface area (Å²) in [6, 6.07) is 22.9. The van der Waals surface area contributed by atoms with E-state index in [0.717, 1.165) is 31.8 Å². The van der Waals surface area contributed by atoms with Crippen molar-refractivity contribution in [3.8, 4) is 0 Å². The second-order valence-electron chi connectivity index (χ2n) is 6.68. The number of fused-ring (bicyclic) bond motifs is 2. The first-order valence-corrected chi connectivity index (χ1v) is 10.1. The third kappa shape index (κ3) is 3.50. The van der Waals surface area contributed by atoms with Gasteiger partial charge in [-0.1, -0.05) is 59.9 Å². The highest BCUT2D eigenvalue weighted by Gasteiger charge is 2.09. The van der Waals surface area contributed by atoms with Gasteiger partial charge >= 0.3 is 0 Å². The Labute approximate surface area is 170 Å². The van der Waals surface area contributed by atoms with Gasteiger partial charge in [-0.3, -0.25) is 5.43 Å². The summed E-state index contributed by atoms with van der Waals surface area (Å²) < 4.78 is 17.3. The first-order valence-electron chi connectivity index (χ1n) is 9.24. The Morgan fingerprint density at radius 3 is 2.69 bits per heavy atom. The number of aromatic nitrogens is 2. The molecule has 0 aliphatic heterocycles. The molecule has 0 spiro atoms. The van der Waals surface area contributed by atoms with Crippen LogP contribution in [0.1, 0.15) is 11.1 Å². The van der Waals surface area contributed by atoms with E-state index < -0.39 is 0 Å². The molecule has 1 N–H and O–H groups in total. The highest BCUT2D eigenvalue weighted by Crippen LogP contribution is 2.26. The molecule has 0 aliphatic rings. The second kappa shape index (κ2) is 7.48. The predicted octanol–water partition coefficient (Wildman–Crippen LogP) is 5.88. The standard InChI is InChI=1S/C23H17FN4S/c24-19-9-3-1-7-16(19)14-28-15-17(18-8-2-5-11-21(18)28)13-25-27-23-26-20-10-4-6-12-22(20)29-23/h1-13,15H,14H2,(H,26,27)/b25-13-. The summed E-state index contributed by atoms with van der Waals surface area (Å²) in [6.07, 6.45) is 3.78. The molecule has 6 heteroatoms. The van der Waals surface area contributed by atoms with E-state index in [1.807, 2.05) is 71.4 Å². The lowest BCUT2D eigenvalue weighted by molar-refractivity contribution is 0.602. The molecule has 29 heavy (non-hydrogen) atoms. The fraction of sp³-hybridized carbons (Fsp3) is 0.0435. The number of benzene rings is 3. The molecule has 0 amide bonds. The van der Waals surface area contributed by atoms with E-state index in [0.29, 0.717) is 12.1 Å². The van der Waals surface area contributed by atoms with Crippen molar-refractivity contribution in [3.63, 3.8) is 0 Å². The number of thiazole rings is 1. The van der Waals surface area contributed by atoms with E-state index in [9.17, 15) is 4.39 Å². The van der Waals surface area contributed by atoms with Gasteiger partial charge in [0.15, 0.2) is 0 Å². The lowest BCUT2D eigenvalue weighted by Gasteiger charge is -2.06. The van der Waals surface area contributed by atoms with Crippen LogP contribution in [0, 0.1) is 5.82 Å². The number of hydrazone groups is 1. The lowest BCUT2D eigenvalue weighted by Crippen LogP contribution is -2.00. The summed E-state index contributed by atoms with van der Waals surface area (Å²) in [6.45, 7) is 0.465. The Bertz CT molecular complexity index is 1300. The zero-order chi connectivity index (χ0) is 19.6. The molecule has 5 rings (SSSR count). The molecule has 0 bridgehead atoms. The van der Waals surface area contributed by atoms with E-state index in [1.165, 1.54) is 6.07 Å². The molecule has 2 aromatic heterocycles. The van der Waals surface area contributed by atoms with Crippen molar-refractivity contribution < 1.29 is 4.39 Å². The van der Waals surface area contributed by atoms with Gasteiger partial charge in [0.1, 0.15) is 5.82 Å². The molecular weight excluding hydrogens is 383 g/mol. The highest BCUT2D eigenvalue weighted by molar-refractivity contribution is 7.22. The maximum atomic E-state index is 14.1. The van der Waals surface area contributed by atoms with Gasteiger partial charge in [-0.25, -0.2) is 9.37 Å². The number of anilines is 1. The highest BCUT2D eigenvalue weighted by atomic mass is 32.1. The van der Waals surface area contributed by atoms with Crippen molar-refractivity contribution in [2.75, 3.05) is 5.43 Å². The molecule has 0 fully saturated rings. The molecule has 142 valence electrons. The minimum atomic E-state index is -0.196. The van der Waals surface area contributed by atoms with Crippen LogP contribution in [-0.4, -0.2) is 15.8 Å². The van der Waals surface area contributed by atoms with Crippen molar-refractivity contribution in [1.29, 1.82) is 0 Å². The van der Waals surface area contributed by atoms with Gasteiger partial charge in [-0.15, -0.1) is 0 Å². The average molecular weight is 400 g/mol. The number of nitrogens with one attached hydrogen (secondary N) is 1. The zero-order valence-electron chi connectivity index (χ0n) is 15.4. The molecule has 0 radical (unpaired) electrons. The summed E-state index contributed by atoms with van der Waals surface area (Å²) >= 11 is 1.56. The normalized spacial score (nSPS) is 11.6. The van der Waals surface area contributed by atoms with Crippen LogP contribution >= 0.6 is 11.3 Å². The number of nitrogens with zero attached hydrogens (tertiary/aromatic N) is 3. The number of rotatable bonds is 5. The molecule has 4 nitrogen and oxygen atoms in total. The summed E-state index contributed by atoms with van der Waals surface area (Å²) in [5.41, 5.74) is 6.64. The van der Waals surface area contributed by atoms with Gasteiger partial charge in [0, 0.05) is 28.2 Å². The second-order valence-corrected chi connectivity index (χ2v) is 7.71. The van der Waals surface area contributed by atoms with Crippen LogP contribution in [0.2, 0.25) is 0 Å². The van der Waals surface area contributed by atoms with Gasteiger partial charge in [0.25, 0.3) is 0 Å². The van der Waals surface area contributed by atoms with Crippen molar-refractivity contribution in [2.24, 2.45) is 5.10 Å². The van der Waals surface area contributed by atoms with Gasteiger partial charge in [0.05, 0.1) is 23.0 Å². The average Bonchev–Trinajstić information content (AvgIpc) is 3.31. The van der Waals surface area contributed by atoms with Crippen molar-refractivity contribution >= 4 is 43.8 Å². The Balaban J connectivity index is 1.44. The topological polar surface area (TPSA) is 42.2 Å². The van der Waals surface area contributed by atoms with E-state index in [1.54, 1.807) is 23.6 Å². The van der Waals surface area contributed by atoms with Gasteiger partial charge in [-0.05, 0) is 24.3 Å². The van der Waals surface area contributed by atoms with Crippen LogP contribution in [0.3, 0.4) is 0 Å². The van der Waals surface area contributed by atoms with Crippen LogP contribution in [0.4, 0.5) is 9.52 Å². The number of para-hydroxylation sites is 2. The Hall–Kier alpha value is -3.51.